The third kappa shape index (κ3) is 4.19. The van der Waals surface area contributed by atoms with Gasteiger partial charge < -0.3 is 21.5 Å². The maximum absolute atomic E-state index is 12.8. The first kappa shape index (κ1) is 21.5. The van der Waals surface area contributed by atoms with Crippen LogP contribution < -0.4 is 16.4 Å². The van der Waals surface area contributed by atoms with Crippen LogP contribution in [0.25, 0.3) is 22.5 Å². The normalized spacial score (nSPS) is 21.5. The molecule has 2 aliphatic rings. The minimum absolute atomic E-state index is 0.0387. The first-order chi connectivity index (χ1) is 15.8. The number of fused-ring (bicyclic) bond motifs is 1. The van der Waals surface area contributed by atoms with Gasteiger partial charge in [-0.3, -0.25) is 14.5 Å². The summed E-state index contributed by atoms with van der Waals surface area (Å²) < 4.78 is 2.05. The lowest BCUT2D eigenvalue weighted by Gasteiger charge is -2.29. The molecule has 0 radical (unpaired) electrons. The highest BCUT2D eigenvalue weighted by atomic mass is 16.3. The molecule has 0 bridgehead atoms. The summed E-state index contributed by atoms with van der Waals surface area (Å²) in [5.41, 5.74) is 10.4. The molecule has 3 aromatic rings. The second-order valence-corrected chi connectivity index (χ2v) is 9.56. The van der Waals surface area contributed by atoms with Crippen molar-refractivity contribution in [2.75, 3.05) is 18.8 Å². The number of anilines is 1. The number of nitrogens with two attached hydrogens (primary N) is 1. The van der Waals surface area contributed by atoms with Crippen molar-refractivity contribution in [3.8, 4) is 22.5 Å². The Bertz CT molecular complexity index is 1200. The zero-order chi connectivity index (χ0) is 23.2. The first-order valence-electron chi connectivity index (χ1n) is 11.1. The van der Waals surface area contributed by atoms with Gasteiger partial charge in [-0.25, -0.2) is 9.97 Å². The molecule has 172 valence electrons. The third-order valence-electron chi connectivity index (χ3n) is 6.28. The molecule has 1 fully saturated rings. The van der Waals surface area contributed by atoms with Gasteiger partial charge in [-0.15, -0.1) is 0 Å². The molecule has 10 heteroatoms. The molecular formula is C23H28N8O2. The molecule has 0 spiro atoms. The Balaban J connectivity index is 1.43. The summed E-state index contributed by atoms with van der Waals surface area (Å²) in [6, 6.07) is 3.35. The molecule has 0 aromatic carbocycles. The summed E-state index contributed by atoms with van der Waals surface area (Å²) in [7, 11) is 0. The molecule has 1 amide bonds. The molecule has 2 aliphatic heterocycles. The van der Waals surface area contributed by atoms with Crippen LogP contribution in [0.4, 0.5) is 5.82 Å². The van der Waals surface area contributed by atoms with E-state index in [0.29, 0.717) is 25.2 Å². The van der Waals surface area contributed by atoms with Crippen molar-refractivity contribution < 1.29 is 9.90 Å². The highest BCUT2D eigenvalue weighted by molar-refractivity contribution is 5.97. The van der Waals surface area contributed by atoms with Gasteiger partial charge in [0.25, 0.3) is 5.91 Å². The average molecular weight is 449 g/mol. The topological polar surface area (TPSA) is 144 Å². The van der Waals surface area contributed by atoms with Gasteiger partial charge >= 0.3 is 0 Å². The van der Waals surface area contributed by atoms with Crippen molar-refractivity contribution >= 4 is 11.7 Å². The van der Waals surface area contributed by atoms with Gasteiger partial charge in [0.05, 0.1) is 35.9 Å². The van der Waals surface area contributed by atoms with Crippen molar-refractivity contribution in [1.82, 2.24) is 35.4 Å². The predicted octanol–water partition coefficient (Wildman–Crippen LogP) is 1.02. The maximum atomic E-state index is 12.8. The van der Waals surface area contributed by atoms with Crippen LogP contribution in [0.2, 0.25) is 0 Å². The number of nitrogens with zero attached hydrogens (tertiary/aromatic N) is 5. The number of amides is 1. The Morgan fingerprint density at radius 3 is 2.97 bits per heavy atom. The van der Waals surface area contributed by atoms with Gasteiger partial charge in [0, 0.05) is 36.1 Å². The fourth-order valence-corrected chi connectivity index (χ4v) is 4.53. The highest BCUT2D eigenvalue weighted by Crippen LogP contribution is 2.36. The monoisotopic (exact) mass is 448 g/mol. The van der Waals surface area contributed by atoms with Gasteiger partial charge in [-0.2, -0.15) is 5.10 Å². The molecule has 10 nitrogen and oxygen atoms in total. The van der Waals surface area contributed by atoms with Crippen molar-refractivity contribution in [3.05, 3.63) is 42.1 Å². The summed E-state index contributed by atoms with van der Waals surface area (Å²) in [4.78, 5) is 26.1. The molecule has 1 saturated heterocycles. The molecule has 2 atom stereocenters. The zero-order valence-electron chi connectivity index (χ0n) is 18.7. The van der Waals surface area contributed by atoms with Gasteiger partial charge in [0.15, 0.2) is 11.5 Å². The number of piperidine rings is 1. The van der Waals surface area contributed by atoms with Crippen LogP contribution in [-0.2, 0) is 13.0 Å². The number of carbonyl (C=O) groups excluding carboxylic acids is 1. The molecule has 33 heavy (non-hydrogen) atoms. The minimum atomic E-state index is -0.613. The number of carbonyl (C=O) groups is 1. The van der Waals surface area contributed by atoms with Crippen molar-refractivity contribution in [2.45, 2.75) is 45.4 Å². The van der Waals surface area contributed by atoms with Gasteiger partial charge in [-0.05, 0) is 36.9 Å². The van der Waals surface area contributed by atoms with E-state index in [4.69, 9.17) is 5.73 Å². The van der Waals surface area contributed by atoms with E-state index in [1.165, 1.54) is 5.69 Å². The lowest BCUT2D eigenvalue weighted by atomic mass is 9.90. The number of nitrogens with one attached hydrogen (secondary N) is 2. The largest absolute Gasteiger partial charge is 0.391 e. The molecule has 0 saturated carbocycles. The molecule has 5 rings (SSSR count). The summed E-state index contributed by atoms with van der Waals surface area (Å²) in [5, 5.41) is 20.7. The van der Waals surface area contributed by atoms with Gasteiger partial charge in [-0.1, -0.05) is 13.8 Å². The van der Waals surface area contributed by atoms with E-state index in [1.807, 2.05) is 23.0 Å². The van der Waals surface area contributed by atoms with Crippen LogP contribution in [0.1, 0.15) is 36.5 Å². The summed E-state index contributed by atoms with van der Waals surface area (Å²) >= 11 is 0. The number of aliphatic hydroxyl groups is 1. The Morgan fingerprint density at radius 2 is 2.15 bits per heavy atom. The fourth-order valence-electron chi connectivity index (χ4n) is 4.53. The van der Waals surface area contributed by atoms with Crippen molar-refractivity contribution in [2.24, 2.45) is 5.41 Å². The summed E-state index contributed by atoms with van der Waals surface area (Å²) in [5.74, 6) is -0.416. The minimum Gasteiger partial charge on any atom is -0.391 e. The summed E-state index contributed by atoms with van der Waals surface area (Å²) in [6.07, 6.45) is 6.01. The smallest absolute Gasteiger partial charge is 0.274 e. The molecule has 0 aliphatic carbocycles. The van der Waals surface area contributed by atoms with Crippen LogP contribution in [0, 0.1) is 5.41 Å². The second-order valence-electron chi connectivity index (χ2n) is 9.56. The quantitative estimate of drug-likeness (QED) is 0.463. The van der Waals surface area contributed by atoms with Crippen molar-refractivity contribution in [1.29, 1.82) is 0 Å². The van der Waals surface area contributed by atoms with Crippen LogP contribution in [0.3, 0.4) is 0 Å². The lowest BCUT2D eigenvalue weighted by molar-refractivity contribution is 0.0751. The van der Waals surface area contributed by atoms with E-state index < -0.39 is 18.1 Å². The number of aromatic nitrogens is 5. The van der Waals surface area contributed by atoms with Crippen LogP contribution in [0.15, 0.2) is 30.7 Å². The molecule has 5 heterocycles. The Hall–Kier alpha value is -3.37. The molecular weight excluding hydrogens is 420 g/mol. The van der Waals surface area contributed by atoms with Crippen LogP contribution in [0.5, 0.6) is 0 Å². The second kappa shape index (κ2) is 8.20. The van der Waals surface area contributed by atoms with E-state index in [9.17, 15) is 9.90 Å². The van der Waals surface area contributed by atoms with Crippen molar-refractivity contribution in [3.63, 3.8) is 0 Å². The lowest BCUT2D eigenvalue weighted by Crippen LogP contribution is -2.53. The maximum Gasteiger partial charge on any atom is 0.274 e. The zero-order valence-corrected chi connectivity index (χ0v) is 18.7. The van der Waals surface area contributed by atoms with E-state index in [1.54, 1.807) is 12.4 Å². The Morgan fingerprint density at radius 1 is 1.30 bits per heavy atom. The fraction of sp³-hybridized carbons (Fsp3) is 0.435. The number of aliphatic hydroxyl groups excluding tert-OH is 1. The molecule has 3 aromatic heterocycles. The van der Waals surface area contributed by atoms with Crippen LogP contribution >= 0.6 is 0 Å². The summed E-state index contributed by atoms with van der Waals surface area (Å²) in [6.45, 7) is 6.55. The van der Waals surface area contributed by atoms with E-state index >= 15 is 0 Å². The molecule has 5 N–H and O–H groups in total. The van der Waals surface area contributed by atoms with E-state index in [0.717, 1.165) is 29.8 Å². The van der Waals surface area contributed by atoms with E-state index in [2.05, 4.69) is 44.5 Å². The SMILES string of the molecule is CC1(C)Cc2c(-c3cc(-c4cnc(N)c(C(=O)N[C@@H]5CNCC[C@H]5O)n4)ccn3)cnn2C1. The Labute approximate surface area is 191 Å². The number of hydrogen-bond acceptors (Lipinski definition) is 8. The van der Waals surface area contributed by atoms with Gasteiger partial charge in [0.1, 0.15) is 0 Å². The van der Waals surface area contributed by atoms with Crippen LogP contribution in [-0.4, -0.2) is 61.0 Å². The predicted molar refractivity (Wildman–Crippen MR) is 123 cm³/mol. The number of rotatable bonds is 4. The standard InChI is InChI=1S/C23H28N8O2/c1-23(2)8-18-14(9-28-31(18)12-23)15-7-13(3-6-26-15)16-11-27-21(24)20(29-16)22(33)30-17-10-25-5-4-19(17)32/h3,6-7,9,11,17,19,25,32H,4-5,8,10,12H2,1-2H3,(H2,24,27)(H,30,33)/t17-,19-/m1/s1. The van der Waals surface area contributed by atoms with Gasteiger partial charge in [0.2, 0.25) is 0 Å². The highest BCUT2D eigenvalue weighted by Gasteiger charge is 2.32. The van der Waals surface area contributed by atoms with E-state index in [-0.39, 0.29) is 16.9 Å². The number of pyridine rings is 1. The Kier molecular flexibility index (Phi) is 5.34. The average Bonchev–Trinajstić information content (AvgIpc) is 3.30. The third-order valence-corrected chi connectivity index (χ3v) is 6.28. The first-order valence-corrected chi connectivity index (χ1v) is 11.1. The number of nitrogen functional groups attached to an aromatic ring is 1. The molecule has 0 unspecified atom stereocenters. The number of hydrogen-bond donors (Lipinski definition) is 4.